The summed E-state index contributed by atoms with van der Waals surface area (Å²) in [6, 6.07) is 5.26. The van der Waals surface area contributed by atoms with Gasteiger partial charge in [0.2, 0.25) is 0 Å². The van der Waals surface area contributed by atoms with Crippen molar-refractivity contribution in [3.8, 4) is 0 Å². The van der Waals surface area contributed by atoms with Crippen molar-refractivity contribution in [2.24, 2.45) is 17.3 Å². The SMILES string of the molecule is C[C@@]12CC[C@@H](C[C@H]1C(=O)O)[C@]1(C2)NC(=O)c2cc(Cl)ccc2N1. The average molecular weight is 335 g/mol. The number of aliphatic carboxylic acids is 1. The maximum absolute atomic E-state index is 12.6. The summed E-state index contributed by atoms with van der Waals surface area (Å²) < 4.78 is 0. The highest BCUT2D eigenvalue weighted by atomic mass is 35.5. The molecule has 23 heavy (non-hydrogen) atoms. The Kier molecular flexibility index (Phi) is 2.98. The molecule has 1 spiro atoms. The van der Waals surface area contributed by atoms with Crippen molar-refractivity contribution in [2.75, 3.05) is 5.32 Å². The van der Waals surface area contributed by atoms with Gasteiger partial charge in [0, 0.05) is 16.6 Å². The molecule has 122 valence electrons. The average Bonchev–Trinajstić information content (AvgIpc) is 2.47. The van der Waals surface area contributed by atoms with Crippen LogP contribution in [-0.4, -0.2) is 22.6 Å². The first-order chi connectivity index (χ1) is 10.8. The van der Waals surface area contributed by atoms with Crippen molar-refractivity contribution in [3.05, 3.63) is 28.8 Å². The molecule has 2 bridgehead atoms. The van der Waals surface area contributed by atoms with Crippen LogP contribution >= 0.6 is 11.6 Å². The molecule has 5 rings (SSSR count). The number of halogens is 1. The molecule has 1 heterocycles. The number of carbonyl (C=O) groups excluding carboxylic acids is 1. The van der Waals surface area contributed by atoms with Gasteiger partial charge >= 0.3 is 5.97 Å². The number of fused-ring (bicyclic) bond motifs is 3. The predicted octanol–water partition coefficient (Wildman–Crippen LogP) is 3.10. The number of carboxylic acids is 1. The van der Waals surface area contributed by atoms with Crippen LogP contribution in [0, 0.1) is 17.3 Å². The quantitative estimate of drug-likeness (QED) is 0.737. The van der Waals surface area contributed by atoms with Crippen LogP contribution < -0.4 is 10.6 Å². The van der Waals surface area contributed by atoms with E-state index in [1.807, 2.05) is 13.0 Å². The van der Waals surface area contributed by atoms with Crippen molar-refractivity contribution in [2.45, 2.75) is 38.3 Å². The summed E-state index contributed by atoms with van der Waals surface area (Å²) in [5, 5.41) is 16.7. The van der Waals surface area contributed by atoms with Gasteiger partial charge in [0.05, 0.1) is 11.5 Å². The van der Waals surface area contributed by atoms with E-state index in [1.54, 1.807) is 12.1 Å². The summed E-state index contributed by atoms with van der Waals surface area (Å²) in [4.78, 5) is 24.2. The lowest BCUT2D eigenvalue weighted by Gasteiger charge is -2.60. The molecule has 0 radical (unpaired) electrons. The summed E-state index contributed by atoms with van der Waals surface area (Å²) in [6.45, 7) is 2.04. The van der Waals surface area contributed by atoms with E-state index in [1.165, 1.54) is 0 Å². The van der Waals surface area contributed by atoms with Crippen LogP contribution in [0.5, 0.6) is 0 Å². The topological polar surface area (TPSA) is 78.4 Å². The largest absolute Gasteiger partial charge is 0.481 e. The zero-order valence-corrected chi connectivity index (χ0v) is 13.6. The maximum Gasteiger partial charge on any atom is 0.307 e. The molecule has 3 N–H and O–H groups in total. The normalized spacial score (nSPS) is 37.9. The van der Waals surface area contributed by atoms with E-state index in [-0.39, 0.29) is 23.2 Å². The first-order valence-corrected chi connectivity index (χ1v) is 8.34. The monoisotopic (exact) mass is 334 g/mol. The Labute approximate surface area is 139 Å². The number of hydrogen-bond donors (Lipinski definition) is 3. The van der Waals surface area contributed by atoms with Crippen LogP contribution in [0.3, 0.4) is 0 Å². The van der Waals surface area contributed by atoms with Crippen LogP contribution in [-0.2, 0) is 4.79 Å². The van der Waals surface area contributed by atoms with Crippen LogP contribution in [0.25, 0.3) is 0 Å². The molecular weight excluding hydrogens is 316 g/mol. The van der Waals surface area contributed by atoms with Crippen LogP contribution in [0.1, 0.15) is 43.0 Å². The maximum atomic E-state index is 12.6. The van der Waals surface area contributed by atoms with Crippen molar-refractivity contribution in [1.82, 2.24) is 5.32 Å². The minimum absolute atomic E-state index is 0.123. The smallest absolute Gasteiger partial charge is 0.307 e. The van der Waals surface area contributed by atoms with Gasteiger partial charge in [-0.2, -0.15) is 0 Å². The van der Waals surface area contributed by atoms with Gasteiger partial charge in [0.25, 0.3) is 5.91 Å². The number of rotatable bonds is 1. The van der Waals surface area contributed by atoms with E-state index in [4.69, 9.17) is 11.6 Å². The van der Waals surface area contributed by atoms with Gasteiger partial charge in [0.1, 0.15) is 5.66 Å². The van der Waals surface area contributed by atoms with Gasteiger partial charge in [-0.1, -0.05) is 18.5 Å². The Morgan fingerprint density at radius 2 is 2.17 bits per heavy atom. The van der Waals surface area contributed by atoms with Crippen LogP contribution in [0.2, 0.25) is 5.02 Å². The Hall–Kier alpha value is -1.75. The third-order valence-corrected chi connectivity index (χ3v) is 6.26. The number of nitrogens with one attached hydrogen (secondary N) is 2. The van der Waals surface area contributed by atoms with Crippen molar-refractivity contribution in [1.29, 1.82) is 0 Å². The number of hydrogen-bond acceptors (Lipinski definition) is 3. The van der Waals surface area contributed by atoms with Crippen molar-refractivity contribution in [3.63, 3.8) is 0 Å². The van der Waals surface area contributed by atoms with Crippen LogP contribution in [0.15, 0.2) is 18.2 Å². The molecule has 3 saturated carbocycles. The molecule has 1 aromatic carbocycles. The Morgan fingerprint density at radius 3 is 2.87 bits per heavy atom. The fraction of sp³-hybridized carbons (Fsp3) is 0.529. The molecule has 3 fully saturated rings. The molecule has 1 amide bonds. The Morgan fingerprint density at radius 1 is 1.39 bits per heavy atom. The first kappa shape index (κ1) is 14.8. The molecule has 1 aliphatic heterocycles. The number of carbonyl (C=O) groups is 2. The van der Waals surface area contributed by atoms with Crippen molar-refractivity contribution < 1.29 is 14.7 Å². The van der Waals surface area contributed by atoms with Gasteiger partial charge in [-0.3, -0.25) is 9.59 Å². The number of benzene rings is 1. The predicted molar refractivity (Wildman–Crippen MR) is 86.5 cm³/mol. The molecule has 6 heteroatoms. The minimum Gasteiger partial charge on any atom is -0.481 e. The zero-order chi connectivity index (χ0) is 16.4. The van der Waals surface area contributed by atoms with E-state index < -0.39 is 11.6 Å². The van der Waals surface area contributed by atoms with Gasteiger partial charge in [-0.25, -0.2) is 0 Å². The fourth-order valence-corrected chi connectivity index (χ4v) is 5.02. The molecular formula is C17H19ClN2O3. The standard InChI is InChI=1S/C17H19ClN2O3/c1-16-5-4-9(6-12(16)15(22)23)17(8-16)19-13-3-2-10(18)7-11(13)14(21)20-17/h2-3,7,9,12,19H,4-6,8H2,1H3,(H,20,21)(H,22,23)/t9-,12-,16-,17-/m0/s1. The second-order valence-electron chi connectivity index (χ2n) is 7.43. The minimum atomic E-state index is -0.721. The van der Waals surface area contributed by atoms with E-state index in [0.717, 1.165) is 18.5 Å². The summed E-state index contributed by atoms with van der Waals surface area (Å²) in [5.74, 6) is -1.07. The summed E-state index contributed by atoms with van der Waals surface area (Å²) in [7, 11) is 0. The van der Waals surface area contributed by atoms with E-state index in [9.17, 15) is 14.7 Å². The molecule has 0 unspecified atom stereocenters. The second kappa shape index (κ2) is 4.63. The number of amides is 1. The second-order valence-corrected chi connectivity index (χ2v) is 7.87. The van der Waals surface area contributed by atoms with Gasteiger partial charge in [0.15, 0.2) is 0 Å². The third-order valence-electron chi connectivity index (χ3n) is 6.02. The molecule has 1 aromatic rings. The first-order valence-electron chi connectivity index (χ1n) is 7.96. The molecule has 4 aliphatic rings. The van der Waals surface area contributed by atoms with Gasteiger partial charge in [-0.15, -0.1) is 0 Å². The van der Waals surface area contributed by atoms with E-state index in [2.05, 4.69) is 10.6 Å². The van der Waals surface area contributed by atoms with Gasteiger partial charge in [-0.05, 0) is 49.3 Å². The lowest BCUT2D eigenvalue weighted by molar-refractivity contribution is -0.156. The molecule has 0 aromatic heterocycles. The number of anilines is 1. The third kappa shape index (κ3) is 2.06. The highest BCUT2D eigenvalue weighted by Gasteiger charge is 2.60. The lowest BCUT2D eigenvalue weighted by Crippen LogP contribution is -2.69. The van der Waals surface area contributed by atoms with Crippen LogP contribution in [0.4, 0.5) is 5.69 Å². The highest BCUT2D eigenvalue weighted by molar-refractivity contribution is 6.31. The highest BCUT2D eigenvalue weighted by Crippen LogP contribution is 2.58. The molecule has 0 saturated heterocycles. The molecule has 4 atom stereocenters. The lowest BCUT2D eigenvalue weighted by atomic mass is 9.51. The summed E-state index contributed by atoms with van der Waals surface area (Å²) in [5.41, 5.74) is 0.479. The molecule has 5 nitrogen and oxygen atoms in total. The van der Waals surface area contributed by atoms with Gasteiger partial charge < -0.3 is 15.7 Å². The Bertz CT molecular complexity index is 722. The van der Waals surface area contributed by atoms with Crippen molar-refractivity contribution >= 4 is 29.2 Å². The summed E-state index contributed by atoms with van der Waals surface area (Å²) in [6.07, 6.45) is 3.05. The molecule has 3 aliphatic carbocycles. The fourth-order valence-electron chi connectivity index (χ4n) is 4.85. The Balaban J connectivity index is 1.73. The zero-order valence-electron chi connectivity index (χ0n) is 12.9. The summed E-state index contributed by atoms with van der Waals surface area (Å²) >= 11 is 5.99. The number of carboxylic acid groups (broad SMARTS) is 1. The van der Waals surface area contributed by atoms with E-state index in [0.29, 0.717) is 23.4 Å². The van der Waals surface area contributed by atoms with E-state index >= 15 is 0 Å².